The fraction of sp³-hybridized carbons (Fsp3) is 0. The molecule has 5 nitrogen and oxygen atoms in total. The molecule has 7 heteroatoms. The summed E-state index contributed by atoms with van der Waals surface area (Å²) in [5, 5.41) is 7.94. The van der Waals surface area contributed by atoms with E-state index in [2.05, 4.69) is 25.9 Å². The molecule has 0 radical (unpaired) electrons. The van der Waals surface area contributed by atoms with Gasteiger partial charge in [-0.3, -0.25) is 3.97 Å². The third-order valence-corrected chi connectivity index (χ3v) is 4.12. The van der Waals surface area contributed by atoms with Crippen molar-refractivity contribution in [1.29, 1.82) is 0 Å². The second-order valence-corrected chi connectivity index (χ2v) is 5.30. The largest absolute Gasteiger partial charge is 0.473 e. The van der Waals surface area contributed by atoms with Crippen LogP contribution >= 0.6 is 27.0 Å². The van der Waals surface area contributed by atoms with Crippen molar-refractivity contribution in [1.82, 2.24) is 8.96 Å². The van der Waals surface area contributed by atoms with Crippen molar-refractivity contribution >= 4 is 42.1 Å². The molecule has 0 spiro atoms. The van der Waals surface area contributed by atoms with Gasteiger partial charge in [0.05, 0.1) is 6.20 Å². The number of rotatable bonds is 0. The zero-order chi connectivity index (χ0) is 8.72. The topological polar surface area (TPSA) is 67.5 Å². The Bertz CT molecular complexity index is 375. The molecule has 64 valence electrons. The maximum Gasteiger partial charge on any atom is 0.368 e. The second-order valence-electron chi connectivity index (χ2n) is 2.07. The van der Waals surface area contributed by atoms with E-state index in [-0.39, 0.29) is 0 Å². The van der Waals surface area contributed by atoms with Gasteiger partial charge in [-0.15, -0.1) is 0 Å². The van der Waals surface area contributed by atoms with E-state index >= 15 is 0 Å². The number of imidazole rings is 1. The molecule has 0 saturated carbocycles. The Hall–Kier alpha value is -0.820. The van der Waals surface area contributed by atoms with Crippen molar-refractivity contribution in [3.05, 3.63) is 12.5 Å². The predicted octanol–water partition coefficient (Wildman–Crippen LogP) is 1.72. The van der Waals surface area contributed by atoms with E-state index < -0.39 is 16.4 Å². The minimum atomic E-state index is -1.41. The van der Waals surface area contributed by atoms with Gasteiger partial charge < -0.3 is 5.11 Å². The standard InChI is InChI=1S/C5H4BrN3O2S/c6-4-8-3-1-7-2-9(3)12(4)5(10)11/h1-2,12H,(H,10,11). The fourth-order valence-electron chi connectivity index (χ4n) is 0.918. The number of hydrogen-bond acceptors (Lipinski definition) is 3. The summed E-state index contributed by atoms with van der Waals surface area (Å²) in [7, 11) is 0. The maximum atomic E-state index is 10.7. The number of halogens is 1. The van der Waals surface area contributed by atoms with Gasteiger partial charge in [0.15, 0.2) is 5.82 Å². The number of hydrogen-bond donors (Lipinski definition) is 2. The van der Waals surface area contributed by atoms with Crippen molar-refractivity contribution in [2.75, 3.05) is 0 Å². The summed E-state index contributed by atoms with van der Waals surface area (Å²) >= 11 is 1.71. The van der Waals surface area contributed by atoms with Crippen LogP contribution in [0.5, 0.6) is 0 Å². The van der Waals surface area contributed by atoms with E-state index in [0.29, 0.717) is 9.77 Å². The van der Waals surface area contributed by atoms with Crippen LogP contribution < -0.4 is 0 Å². The maximum absolute atomic E-state index is 10.7. The van der Waals surface area contributed by atoms with E-state index in [1.54, 1.807) is 3.97 Å². The van der Waals surface area contributed by atoms with Crippen molar-refractivity contribution in [3.8, 4) is 0 Å². The van der Waals surface area contributed by atoms with Gasteiger partial charge in [-0.05, 0) is 27.0 Å². The molecule has 1 aliphatic heterocycles. The number of fused-ring (bicyclic) bond motifs is 1. The Labute approximate surface area is 78.7 Å². The molecule has 0 aromatic carbocycles. The molecule has 1 aromatic heterocycles. The number of thiol groups is 1. The van der Waals surface area contributed by atoms with Gasteiger partial charge >= 0.3 is 5.30 Å². The molecule has 12 heavy (non-hydrogen) atoms. The molecule has 1 aliphatic rings. The highest BCUT2D eigenvalue weighted by Crippen LogP contribution is 2.43. The van der Waals surface area contributed by atoms with Crippen LogP contribution in [-0.4, -0.2) is 23.3 Å². The molecule has 1 N–H and O–H groups in total. The van der Waals surface area contributed by atoms with Gasteiger partial charge in [0.2, 0.25) is 0 Å². The average Bonchev–Trinajstić information content (AvgIpc) is 2.44. The van der Waals surface area contributed by atoms with E-state index in [1.807, 2.05) is 0 Å². The highest BCUT2D eigenvalue weighted by molar-refractivity contribution is 9.23. The number of nitrogens with zero attached hydrogens (tertiary/aromatic N) is 3. The van der Waals surface area contributed by atoms with E-state index in [9.17, 15) is 4.79 Å². The molecule has 1 aromatic rings. The lowest BCUT2D eigenvalue weighted by atomic mass is 10.8. The van der Waals surface area contributed by atoms with Crippen molar-refractivity contribution in [3.63, 3.8) is 0 Å². The van der Waals surface area contributed by atoms with Crippen molar-refractivity contribution in [2.45, 2.75) is 0 Å². The van der Waals surface area contributed by atoms with Crippen LogP contribution in [0.15, 0.2) is 17.5 Å². The van der Waals surface area contributed by atoms with Gasteiger partial charge in [-0.1, -0.05) is 0 Å². The van der Waals surface area contributed by atoms with Gasteiger partial charge in [0.1, 0.15) is 10.3 Å². The SMILES string of the molecule is O=C(O)[SH]1C(Br)=Nc2cncn21. The smallest absolute Gasteiger partial charge is 0.368 e. The van der Waals surface area contributed by atoms with E-state index in [1.165, 1.54) is 12.5 Å². The molecule has 1 atom stereocenters. The third kappa shape index (κ3) is 0.969. The van der Waals surface area contributed by atoms with Crippen LogP contribution in [0.1, 0.15) is 0 Å². The summed E-state index contributed by atoms with van der Waals surface area (Å²) in [4.78, 5) is 18.5. The highest BCUT2D eigenvalue weighted by Gasteiger charge is 2.26. The highest BCUT2D eigenvalue weighted by atomic mass is 79.9. The van der Waals surface area contributed by atoms with Gasteiger partial charge in [0.25, 0.3) is 0 Å². The Balaban J connectivity index is 2.52. The lowest BCUT2D eigenvalue weighted by Crippen LogP contribution is -2.03. The molecule has 0 fully saturated rings. The summed E-state index contributed by atoms with van der Waals surface area (Å²) in [6, 6.07) is 0. The molecule has 0 aliphatic carbocycles. The number of aromatic nitrogens is 2. The molecular formula is C5H4BrN3O2S. The average molecular weight is 250 g/mol. The molecular weight excluding hydrogens is 246 g/mol. The van der Waals surface area contributed by atoms with Crippen molar-refractivity contribution < 1.29 is 9.90 Å². The van der Waals surface area contributed by atoms with Crippen LogP contribution in [0, 0.1) is 0 Å². The number of carbonyl (C=O) groups is 1. The minimum absolute atomic E-state index is 0.474. The van der Waals surface area contributed by atoms with E-state index in [4.69, 9.17) is 5.11 Å². The Morgan fingerprint density at radius 3 is 3.17 bits per heavy atom. The predicted molar refractivity (Wildman–Crippen MR) is 50.7 cm³/mol. The quantitative estimate of drug-likeness (QED) is 0.689. The fourth-order valence-corrected chi connectivity index (χ4v) is 3.25. The normalized spacial score (nSPS) is 23.4. The number of aliphatic imine (C=N–C) groups is 1. The molecule has 0 saturated heterocycles. The molecule has 0 amide bonds. The third-order valence-electron chi connectivity index (χ3n) is 1.38. The monoisotopic (exact) mass is 249 g/mol. The molecule has 2 heterocycles. The second kappa shape index (κ2) is 2.60. The Morgan fingerprint density at radius 2 is 2.50 bits per heavy atom. The molecule has 0 bridgehead atoms. The summed E-state index contributed by atoms with van der Waals surface area (Å²) in [5.41, 5.74) is 0. The lowest BCUT2D eigenvalue weighted by Gasteiger charge is -2.09. The zero-order valence-electron chi connectivity index (χ0n) is 5.68. The lowest BCUT2D eigenvalue weighted by molar-refractivity contribution is 0.222. The first-order valence-corrected chi connectivity index (χ1v) is 5.09. The van der Waals surface area contributed by atoms with E-state index in [0.717, 1.165) is 0 Å². The Kier molecular flexibility index (Phi) is 1.69. The van der Waals surface area contributed by atoms with Crippen LogP contribution in [0.25, 0.3) is 0 Å². The van der Waals surface area contributed by atoms with Gasteiger partial charge in [0, 0.05) is 0 Å². The first-order chi connectivity index (χ1) is 5.70. The van der Waals surface area contributed by atoms with Crippen LogP contribution in [-0.2, 0) is 0 Å². The van der Waals surface area contributed by atoms with Gasteiger partial charge in [-0.25, -0.2) is 14.8 Å². The van der Waals surface area contributed by atoms with Crippen LogP contribution in [0.2, 0.25) is 0 Å². The summed E-state index contributed by atoms with van der Waals surface area (Å²) in [5.74, 6) is 0.593. The first-order valence-electron chi connectivity index (χ1n) is 3.00. The van der Waals surface area contributed by atoms with Gasteiger partial charge in [-0.2, -0.15) is 0 Å². The first kappa shape index (κ1) is 7.81. The minimum Gasteiger partial charge on any atom is -0.473 e. The summed E-state index contributed by atoms with van der Waals surface area (Å²) < 4.78 is 2.03. The van der Waals surface area contributed by atoms with Crippen molar-refractivity contribution in [2.24, 2.45) is 4.99 Å². The molecule has 2 rings (SSSR count). The molecule has 1 unspecified atom stereocenters. The van der Waals surface area contributed by atoms with Crippen LogP contribution in [0.4, 0.5) is 10.6 Å². The zero-order valence-corrected chi connectivity index (χ0v) is 8.16. The Morgan fingerprint density at radius 1 is 1.75 bits per heavy atom. The number of carboxylic acid groups (broad SMARTS) is 1. The summed E-state index contributed by atoms with van der Waals surface area (Å²) in [6.07, 6.45) is 3.01. The van der Waals surface area contributed by atoms with Crippen LogP contribution in [0.3, 0.4) is 0 Å². The summed E-state index contributed by atoms with van der Waals surface area (Å²) in [6.45, 7) is 0.